The number of anilines is 1. The summed E-state index contributed by atoms with van der Waals surface area (Å²) in [5.74, 6) is 0.0565. The molecule has 1 saturated heterocycles. The van der Waals surface area contributed by atoms with Gasteiger partial charge in [0.25, 0.3) is 5.91 Å². The lowest BCUT2D eigenvalue weighted by molar-refractivity contribution is 0.0624. The summed E-state index contributed by atoms with van der Waals surface area (Å²) in [7, 11) is 0. The molecule has 0 spiro atoms. The summed E-state index contributed by atoms with van der Waals surface area (Å²) in [6, 6.07) is 4.21. The van der Waals surface area contributed by atoms with Crippen molar-refractivity contribution in [3.05, 3.63) is 53.6 Å². The summed E-state index contributed by atoms with van der Waals surface area (Å²) in [6.07, 6.45) is 6.98. The predicted molar refractivity (Wildman–Crippen MR) is 81.3 cm³/mol. The van der Waals surface area contributed by atoms with Gasteiger partial charge in [-0.05, 0) is 37.1 Å². The number of pyridine rings is 2. The third kappa shape index (κ3) is 2.86. The molecule has 2 aromatic rings. The molecule has 108 valence electrons. The number of rotatable bonds is 3. The third-order valence-electron chi connectivity index (χ3n) is 3.68. The molecule has 1 amide bonds. The van der Waals surface area contributed by atoms with E-state index >= 15 is 0 Å². The molecule has 0 aliphatic carbocycles. The van der Waals surface area contributed by atoms with Crippen LogP contribution in [-0.2, 0) is 0 Å². The molecule has 0 saturated carbocycles. The molecule has 0 unspecified atom stereocenters. The first kappa shape index (κ1) is 13.5. The summed E-state index contributed by atoms with van der Waals surface area (Å²) >= 11 is 0. The SMILES string of the molecule is Cc1cncc(NC2CN(C(=O)c3cnccc3C)C2)c1. The number of carbonyl (C=O) groups excluding carboxylic acids is 1. The maximum absolute atomic E-state index is 12.3. The topological polar surface area (TPSA) is 58.1 Å². The van der Waals surface area contributed by atoms with Gasteiger partial charge >= 0.3 is 0 Å². The maximum Gasteiger partial charge on any atom is 0.255 e. The van der Waals surface area contributed by atoms with Gasteiger partial charge in [0, 0.05) is 37.9 Å². The lowest BCUT2D eigenvalue weighted by Crippen LogP contribution is -2.57. The van der Waals surface area contributed by atoms with Crippen LogP contribution in [0.15, 0.2) is 36.9 Å². The fraction of sp³-hybridized carbons (Fsp3) is 0.312. The number of likely N-dealkylation sites (tertiary alicyclic amines) is 1. The van der Waals surface area contributed by atoms with Gasteiger partial charge in [0.15, 0.2) is 0 Å². The number of hydrogen-bond acceptors (Lipinski definition) is 4. The summed E-state index contributed by atoms with van der Waals surface area (Å²) in [5.41, 5.74) is 3.78. The Morgan fingerprint density at radius 2 is 2.05 bits per heavy atom. The van der Waals surface area contributed by atoms with Gasteiger partial charge < -0.3 is 10.2 Å². The maximum atomic E-state index is 12.3. The van der Waals surface area contributed by atoms with E-state index in [9.17, 15) is 4.79 Å². The fourth-order valence-electron chi connectivity index (χ4n) is 2.46. The second-order valence-corrected chi connectivity index (χ2v) is 5.49. The molecule has 5 heteroatoms. The van der Waals surface area contributed by atoms with Crippen LogP contribution in [0, 0.1) is 13.8 Å². The Balaban J connectivity index is 1.59. The molecule has 0 atom stereocenters. The summed E-state index contributed by atoms with van der Waals surface area (Å²) in [4.78, 5) is 22.4. The highest BCUT2D eigenvalue weighted by molar-refractivity contribution is 5.96. The zero-order chi connectivity index (χ0) is 14.8. The quantitative estimate of drug-likeness (QED) is 0.936. The number of hydrogen-bond donors (Lipinski definition) is 1. The molecule has 5 nitrogen and oxygen atoms in total. The molecule has 3 rings (SSSR count). The number of aryl methyl sites for hydroxylation is 2. The molecule has 2 aromatic heterocycles. The van der Waals surface area contributed by atoms with E-state index in [2.05, 4.69) is 21.4 Å². The van der Waals surface area contributed by atoms with E-state index in [1.54, 1.807) is 12.4 Å². The van der Waals surface area contributed by atoms with Crippen molar-refractivity contribution < 1.29 is 4.79 Å². The molecule has 1 N–H and O–H groups in total. The van der Waals surface area contributed by atoms with Crippen LogP contribution in [0.1, 0.15) is 21.5 Å². The zero-order valence-corrected chi connectivity index (χ0v) is 12.2. The fourth-order valence-corrected chi connectivity index (χ4v) is 2.46. The Morgan fingerprint density at radius 3 is 2.76 bits per heavy atom. The molecule has 0 radical (unpaired) electrons. The molecule has 21 heavy (non-hydrogen) atoms. The van der Waals surface area contributed by atoms with Crippen molar-refractivity contribution in [1.82, 2.24) is 14.9 Å². The van der Waals surface area contributed by atoms with Gasteiger partial charge in [-0.2, -0.15) is 0 Å². The monoisotopic (exact) mass is 282 g/mol. The smallest absolute Gasteiger partial charge is 0.255 e. The molecular weight excluding hydrogens is 264 g/mol. The molecule has 1 aliphatic rings. The highest BCUT2D eigenvalue weighted by Gasteiger charge is 2.31. The lowest BCUT2D eigenvalue weighted by Gasteiger charge is -2.40. The van der Waals surface area contributed by atoms with E-state index in [4.69, 9.17) is 0 Å². The van der Waals surface area contributed by atoms with Crippen LogP contribution < -0.4 is 5.32 Å². The highest BCUT2D eigenvalue weighted by atomic mass is 16.2. The van der Waals surface area contributed by atoms with Crippen molar-refractivity contribution >= 4 is 11.6 Å². The van der Waals surface area contributed by atoms with Gasteiger partial charge in [0.05, 0.1) is 17.3 Å². The Labute approximate surface area is 124 Å². The van der Waals surface area contributed by atoms with E-state index in [0.717, 1.165) is 16.8 Å². The van der Waals surface area contributed by atoms with Crippen LogP contribution in [0.3, 0.4) is 0 Å². The summed E-state index contributed by atoms with van der Waals surface area (Å²) in [5, 5.41) is 3.40. The van der Waals surface area contributed by atoms with Crippen molar-refractivity contribution in [2.75, 3.05) is 18.4 Å². The van der Waals surface area contributed by atoms with Gasteiger partial charge in [-0.25, -0.2) is 0 Å². The van der Waals surface area contributed by atoms with E-state index in [0.29, 0.717) is 18.7 Å². The zero-order valence-electron chi connectivity index (χ0n) is 12.2. The first-order valence-electron chi connectivity index (χ1n) is 7.01. The van der Waals surface area contributed by atoms with E-state index < -0.39 is 0 Å². The number of aromatic nitrogens is 2. The van der Waals surface area contributed by atoms with Gasteiger partial charge in [-0.15, -0.1) is 0 Å². The van der Waals surface area contributed by atoms with E-state index in [1.165, 1.54) is 0 Å². The van der Waals surface area contributed by atoms with Gasteiger partial charge in [-0.1, -0.05) is 0 Å². The average molecular weight is 282 g/mol. The van der Waals surface area contributed by atoms with Crippen LogP contribution in [0.4, 0.5) is 5.69 Å². The number of nitrogens with one attached hydrogen (secondary N) is 1. The van der Waals surface area contributed by atoms with Crippen LogP contribution in [0.2, 0.25) is 0 Å². The molecule has 1 aliphatic heterocycles. The predicted octanol–water partition coefficient (Wildman–Crippen LogP) is 2.03. The first-order valence-corrected chi connectivity index (χ1v) is 7.01. The molecule has 1 fully saturated rings. The second-order valence-electron chi connectivity index (χ2n) is 5.49. The molecule has 3 heterocycles. The average Bonchev–Trinajstić information content (AvgIpc) is 2.42. The van der Waals surface area contributed by atoms with Crippen molar-refractivity contribution in [2.24, 2.45) is 0 Å². The van der Waals surface area contributed by atoms with Gasteiger partial charge in [0.1, 0.15) is 0 Å². The largest absolute Gasteiger partial charge is 0.377 e. The van der Waals surface area contributed by atoms with Gasteiger partial charge in [-0.3, -0.25) is 14.8 Å². The Bertz CT molecular complexity index is 665. The minimum absolute atomic E-state index is 0.0565. The van der Waals surface area contributed by atoms with E-state index in [-0.39, 0.29) is 11.9 Å². The number of nitrogens with zero attached hydrogens (tertiary/aromatic N) is 3. The standard InChI is InChI=1S/C16H18N4O/c1-11-5-13(7-18-6-11)19-14-9-20(10-14)16(21)15-8-17-4-3-12(15)2/h3-8,14,19H,9-10H2,1-2H3. The molecular formula is C16H18N4O. The Kier molecular flexibility index (Phi) is 3.56. The van der Waals surface area contributed by atoms with Crippen molar-refractivity contribution in [2.45, 2.75) is 19.9 Å². The highest BCUT2D eigenvalue weighted by Crippen LogP contribution is 2.19. The number of carbonyl (C=O) groups is 1. The Hall–Kier alpha value is -2.43. The molecule has 0 aromatic carbocycles. The third-order valence-corrected chi connectivity index (χ3v) is 3.68. The minimum Gasteiger partial charge on any atom is -0.377 e. The summed E-state index contributed by atoms with van der Waals surface area (Å²) < 4.78 is 0. The molecule has 0 bridgehead atoms. The Morgan fingerprint density at radius 1 is 1.24 bits per heavy atom. The van der Waals surface area contributed by atoms with Crippen molar-refractivity contribution in [3.63, 3.8) is 0 Å². The van der Waals surface area contributed by atoms with Crippen molar-refractivity contribution in [1.29, 1.82) is 0 Å². The van der Waals surface area contributed by atoms with E-state index in [1.807, 2.05) is 37.2 Å². The van der Waals surface area contributed by atoms with Gasteiger partial charge in [0.2, 0.25) is 0 Å². The van der Waals surface area contributed by atoms with Crippen LogP contribution in [0.5, 0.6) is 0 Å². The second kappa shape index (κ2) is 5.52. The van der Waals surface area contributed by atoms with Crippen LogP contribution in [0.25, 0.3) is 0 Å². The first-order chi connectivity index (χ1) is 10.1. The minimum atomic E-state index is 0.0565. The summed E-state index contributed by atoms with van der Waals surface area (Å²) in [6.45, 7) is 5.37. The number of amides is 1. The normalized spacial score (nSPS) is 14.7. The van der Waals surface area contributed by atoms with Crippen LogP contribution >= 0.6 is 0 Å². The van der Waals surface area contributed by atoms with Crippen LogP contribution in [-0.4, -0.2) is 39.9 Å². The lowest BCUT2D eigenvalue weighted by atomic mass is 10.0. The van der Waals surface area contributed by atoms with Crippen molar-refractivity contribution in [3.8, 4) is 0 Å².